The number of hydrogen-bond donors (Lipinski definition) is 1. The van der Waals surface area contributed by atoms with Gasteiger partial charge in [0.15, 0.2) is 0 Å². The molecular formula is C30H33N3O3. The van der Waals surface area contributed by atoms with Gasteiger partial charge in [0.2, 0.25) is 0 Å². The topological polar surface area (TPSA) is 65.3 Å². The zero-order valence-corrected chi connectivity index (χ0v) is 21.3. The van der Waals surface area contributed by atoms with Crippen LogP contribution in [0.3, 0.4) is 0 Å². The molecule has 0 unspecified atom stereocenters. The number of aromatic nitrogens is 2. The van der Waals surface area contributed by atoms with Gasteiger partial charge in [-0.3, -0.25) is 9.48 Å². The van der Waals surface area contributed by atoms with Crippen molar-refractivity contribution in [1.29, 1.82) is 0 Å². The summed E-state index contributed by atoms with van der Waals surface area (Å²) in [5.41, 5.74) is 5.73. The van der Waals surface area contributed by atoms with Crippen LogP contribution < -0.4 is 10.9 Å². The van der Waals surface area contributed by atoms with Crippen LogP contribution in [0.4, 0.5) is 5.69 Å². The second-order valence-electron chi connectivity index (χ2n) is 9.03. The van der Waals surface area contributed by atoms with Crippen molar-refractivity contribution in [1.82, 2.24) is 9.36 Å². The van der Waals surface area contributed by atoms with Crippen LogP contribution in [0.25, 0.3) is 5.69 Å². The Morgan fingerprint density at radius 2 is 1.61 bits per heavy atom. The van der Waals surface area contributed by atoms with Crippen molar-refractivity contribution in [2.24, 2.45) is 7.05 Å². The van der Waals surface area contributed by atoms with Crippen LogP contribution in [-0.2, 0) is 11.8 Å². The number of unbranched alkanes of at least 4 members (excludes halogenated alkanes) is 1. The fourth-order valence-electron chi connectivity index (χ4n) is 4.26. The number of ether oxygens (including phenoxy) is 1. The van der Waals surface area contributed by atoms with Crippen LogP contribution in [-0.4, -0.2) is 21.9 Å². The number of nitrogens with zero attached hydrogens (tertiary/aromatic N) is 2. The summed E-state index contributed by atoms with van der Waals surface area (Å²) in [5, 5.41) is 3.54. The molecule has 186 valence electrons. The number of nitrogens with one attached hydrogen (secondary N) is 1. The highest BCUT2D eigenvalue weighted by atomic mass is 16.5. The first-order valence-corrected chi connectivity index (χ1v) is 12.3. The largest absolute Gasteiger partial charge is 0.462 e. The van der Waals surface area contributed by atoms with Crippen molar-refractivity contribution in [2.45, 2.75) is 39.7 Å². The van der Waals surface area contributed by atoms with Crippen molar-refractivity contribution < 1.29 is 9.53 Å². The van der Waals surface area contributed by atoms with Crippen LogP contribution in [0, 0.1) is 13.8 Å². The number of aryl methyl sites for hydroxylation is 1. The third kappa shape index (κ3) is 5.28. The molecule has 0 aliphatic heterocycles. The zero-order chi connectivity index (χ0) is 25.7. The van der Waals surface area contributed by atoms with E-state index in [1.165, 1.54) is 0 Å². The Labute approximate surface area is 212 Å². The Balaban J connectivity index is 1.71. The van der Waals surface area contributed by atoms with E-state index >= 15 is 0 Å². The predicted molar refractivity (Wildman–Crippen MR) is 144 cm³/mol. The summed E-state index contributed by atoms with van der Waals surface area (Å²) in [6, 6.07) is 24.7. The Hall–Kier alpha value is -4.06. The number of esters is 1. The normalized spacial score (nSPS) is 11.8. The molecule has 0 radical (unpaired) electrons. The minimum Gasteiger partial charge on any atom is -0.462 e. The molecule has 0 saturated carbocycles. The van der Waals surface area contributed by atoms with Gasteiger partial charge < -0.3 is 10.1 Å². The number of rotatable bonds is 9. The minimum absolute atomic E-state index is 0.0737. The maximum Gasteiger partial charge on any atom is 0.338 e. The molecule has 1 N–H and O–H groups in total. The van der Waals surface area contributed by atoms with E-state index in [4.69, 9.17) is 4.74 Å². The van der Waals surface area contributed by atoms with Gasteiger partial charge in [-0.2, -0.15) is 0 Å². The SMILES string of the molecule is CCCCOC(=O)c1ccc(N[C@H](c2ccc(C)cc2)c2c(C)n(C)n(-c3ccccc3)c2=O)cc1. The third-order valence-electron chi connectivity index (χ3n) is 6.46. The molecule has 3 aromatic carbocycles. The van der Waals surface area contributed by atoms with E-state index < -0.39 is 0 Å². The van der Waals surface area contributed by atoms with Gasteiger partial charge >= 0.3 is 5.97 Å². The van der Waals surface area contributed by atoms with Crippen molar-refractivity contribution in [3.63, 3.8) is 0 Å². The van der Waals surface area contributed by atoms with Crippen molar-refractivity contribution >= 4 is 11.7 Å². The Kier molecular flexibility index (Phi) is 7.74. The zero-order valence-electron chi connectivity index (χ0n) is 21.3. The number of carbonyl (C=O) groups excluding carboxylic acids is 1. The third-order valence-corrected chi connectivity index (χ3v) is 6.46. The second kappa shape index (κ2) is 11.1. The first-order chi connectivity index (χ1) is 17.4. The molecule has 1 aromatic heterocycles. The van der Waals surface area contributed by atoms with Gasteiger partial charge in [0, 0.05) is 18.4 Å². The standard InChI is InChI=1S/C30H33N3O3/c1-5-6-20-36-30(35)24-16-18-25(19-17-24)31-28(23-14-12-21(2)13-15-23)27-22(3)32(4)33(29(27)34)26-10-8-7-9-11-26/h7-19,28,31H,5-6,20H2,1-4H3/t28-/m1/s1. The fraction of sp³-hybridized carbons (Fsp3) is 0.267. The quantitative estimate of drug-likeness (QED) is 0.236. The Morgan fingerprint density at radius 1 is 0.944 bits per heavy atom. The van der Waals surface area contributed by atoms with Gasteiger partial charge in [0.1, 0.15) is 0 Å². The van der Waals surface area contributed by atoms with Gasteiger partial charge in [-0.25, -0.2) is 9.48 Å². The van der Waals surface area contributed by atoms with Gasteiger partial charge in [-0.05, 0) is 62.2 Å². The average Bonchev–Trinajstić information content (AvgIpc) is 3.11. The van der Waals surface area contributed by atoms with Crippen LogP contribution in [0.5, 0.6) is 0 Å². The van der Waals surface area contributed by atoms with E-state index in [0.29, 0.717) is 17.7 Å². The number of para-hydroxylation sites is 1. The number of carbonyl (C=O) groups is 1. The summed E-state index contributed by atoms with van der Waals surface area (Å²) in [5.74, 6) is -0.324. The van der Waals surface area contributed by atoms with E-state index in [9.17, 15) is 9.59 Å². The lowest BCUT2D eigenvalue weighted by Gasteiger charge is -2.20. The Bertz CT molecular complexity index is 1370. The monoisotopic (exact) mass is 483 g/mol. The molecule has 6 heteroatoms. The first kappa shape index (κ1) is 25.0. The molecule has 1 heterocycles. The minimum atomic E-state index is -0.378. The molecule has 1 atom stereocenters. The predicted octanol–water partition coefficient (Wildman–Crippen LogP) is 5.95. The molecule has 0 amide bonds. The van der Waals surface area contributed by atoms with E-state index in [2.05, 4.69) is 12.2 Å². The summed E-state index contributed by atoms with van der Waals surface area (Å²) in [6.07, 6.45) is 1.82. The summed E-state index contributed by atoms with van der Waals surface area (Å²) >= 11 is 0. The first-order valence-electron chi connectivity index (χ1n) is 12.3. The highest BCUT2D eigenvalue weighted by Crippen LogP contribution is 2.28. The van der Waals surface area contributed by atoms with E-state index in [0.717, 1.165) is 41.0 Å². The fourth-order valence-corrected chi connectivity index (χ4v) is 4.26. The Morgan fingerprint density at radius 3 is 2.25 bits per heavy atom. The summed E-state index contributed by atoms with van der Waals surface area (Å²) < 4.78 is 8.91. The molecule has 0 bridgehead atoms. The van der Waals surface area contributed by atoms with E-state index in [1.807, 2.05) is 92.3 Å². The van der Waals surface area contributed by atoms with Gasteiger partial charge in [0.05, 0.1) is 29.5 Å². The van der Waals surface area contributed by atoms with Gasteiger partial charge in [0.25, 0.3) is 5.56 Å². The van der Waals surface area contributed by atoms with E-state index in [-0.39, 0.29) is 17.6 Å². The van der Waals surface area contributed by atoms with Crippen LogP contribution in [0.2, 0.25) is 0 Å². The summed E-state index contributed by atoms with van der Waals surface area (Å²) in [6.45, 7) is 6.49. The second-order valence-corrected chi connectivity index (χ2v) is 9.03. The van der Waals surface area contributed by atoms with Crippen LogP contribution in [0.1, 0.15) is 58.5 Å². The number of anilines is 1. The van der Waals surface area contributed by atoms with Crippen molar-refractivity contribution in [3.8, 4) is 5.69 Å². The lowest BCUT2D eigenvalue weighted by molar-refractivity contribution is 0.0500. The molecule has 0 saturated heterocycles. The molecule has 6 nitrogen and oxygen atoms in total. The molecule has 4 rings (SSSR count). The lowest BCUT2D eigenvalue weighted by Crippen LogP contribution is -2.24. The maximum absolute atomic E-state index is 13.8. The van der Waals surface area contributed by atoms with Gasteiger partial charge in [-0.15, -0.1) is 0 Å². The molecule has 36 heavy (non-hydrogen) atoms. The highest BCUT2D eigenvalue weighted by molar-refractivity contribution is 5.89. The average molecular weight is 484 g/mol. The summed E-state index contributed by atoms with van der Waals surface area (Å²) in [7, 11) is 1.90. The van der Waals surface area contributed by atoms with Crippen LogP contribution >= 0.6 is 0 Å². The van der Waals surface area contributed by atoms with Crippen LogP contribution in [0.15, 0.2) is 83.7 Å². The van der Waals surface area contributed by atoms with E-state index in [1.54, 1.807) is 16.8 Å². The molecule has 0 aliphatic rings. The van der Waals surface area contributed by atoms with Crippen molar-refractivity contribution in [3.05, 3.63) is 117 Å². The molecular weight excluding hydrogens is 450 g/mol. The number of benzene rings is 3. The smallest absolute Gasteiger partial charge is 0.338 e. The highest BCUT2D eigenvalue weighted by Gasteiger charge is 2.25. The molecule has 0 spiro atoms. The summed E-state index contributed by atoms with van der Waals surface area (Å²) in [4.78, 5) is 26.1. The van der Waals surface area contributed by atoms with Gasteiger partial charge in [-0.1, -0.05) is 61.4 Å². The van der Waals surface area contributed by atoms with Crippen molar-refractivity contribution in [2.75, 3.05) is 11.9 Å². The number of hydrogen-bond acceptors (Lipinski definition) is 4. The molecule has 0 fully saturated rings. The molecule has 0 aliphatic carbocycles. The molecule has 4 aromatic rings. The lowest BCUT2D eigenvalue weighted by atomic mass is 9.97. The maximum atomic E-state index is 13.8.